The van der Waals surface area contributed by atoms with Crippen LogP contribution < -0.4 is 5.32 Å². The third-order valence-corrected chi connectivity index (χ3v) is 2.99. The van der Waals surface area contributed by atoms with Gasteiger partial charge in [0.05, 0.1) is 0 Å². The van der Waals surface area contributed by atoms with E-state index in [9.17, 15) is 4.79 Å². The van der Waals surface area contributed by atoms with Gasteiger partial charge in [-0.25, -0.2) is 0 Å². The molecule has 0 aliphatic heterocycles. The van der Waals surface area contributed by atoms with Gasteiger partial charge in [-0.1, -0.05) is 51.1 Å². The highest BCUT2D eigenvalue weighted by Gasteiger charge is 2.21. The topological polar surface area (TPSA) is 29.1 Å². The summed E-state index contributed by atoms with van der Waals surface area (Å²) < 4.78 is 0. The third-order valence-electron chi connectivity index (χ3n) is 2.99. The molecular formula is C15H23NO. The Morgan fingerprint density at radius 1 is 1.24 bits per heavy atom. The average molecular weight is 233 g/mol. The van der Waals surface area contributed by atoms with Crippen LogP contribution in [0, 0.1) is 11.8 Å². The number of hydrogen-bond acceptors (Lipinski definition) is 1. The molecule has 2 heteroatoms. The van der Waals surface area contributed by atoms with Crippen LogP contribution in [0.4, 0.5) is 0 Å². The van der Waals surface area contributed by atoms with Crippen LogP contribution in [0.3, 0.4) is 0 Å². The number of nitrogens with one attached hydrogen (secondary N) is 1. The van der Waals surface area contributed by atoms with Crippen molar-refractivity contribution in [1.82, 2.24) is 5.32 Å². The minimum absolute atomic E-state index is 0.0731. The molecule has 0 saturated carbocycles. The summed E-state index contributed by atoms with van der Waals surface area (Å²) in [6.45, 7) is 7.07. The van der Waals surface area contributed by atoms with Gasteiger partial charge < -0.3 is 5.32 Å². The fraction of sp³-hybridized carbons (Fsp3) is 0.533. The van der Waals surface area contributed by atoms with Gasteiger partial charge in [-0.3, -0.25) is 4.79 Å². The van der Waals surface area contributed by atoms with E-state index in [1.54, 1.807) is 0 Å². The zero-order valence-electron chi connectivity index (χ0n) is 11.1. The molecule has 0 radical (unpaired) electrons. The molecule has 0 aliphatic carbocycles. The predicted octanol–water partition coefficient (Wildman–Crippen LogP) is 3.03. The monoisotopic (exact) mass is 233 g/mol. The second kappa shape index (κ2) is 7.10. The molecule has 0 unspecified atom stereocenters. The Hall–Kier alpha value is -1.31. The maximum Gasteiger partial charge on any atom is 0.223 e. The molecule has 1 atom stereocenters. The quantitative estimate of drug-likeness (QED) is 0.804. The summed E-state index contributed by atoms with van der Waals surface area (Å²) in [4.78, 5) is 12.0. The maximum absolute atomic E-state index is 12.0. The van der Waals surface area contributed by atoms with Crippen molar-refractivity contribution in [1.29, 1.82) is 0 Å². The van der Waals surface area contributed by atoms with E-state index in [1.165, 1.54) is 5.56 Å². The molecule has 1 rings (SSSR count). The molecule has 0 aliphatic rings. The van der Waals surface area contributed by atoms with Gasteiger partial charge in [0.15, 0.2) is 0 Å². The Morgan fingerprint density at radius 3 is 2.41 bits per heavy atom. The van der Waals surface area contributed by atoms with Crippen molar-refractivity contribution in [3.8, 4) is 0 Å². The third kappa shape index (κ3) is 4.59. The number of hydrogen-bond donors (Lipinski definition) is 1. The van der Waals surface area contributed by atoms with E-state index in [-0.39, 0.29) is 11.8 Å². The number of carbonyl (C=O) groups is 1. The summed E-state index contributed by atoms with van der Waals surface area (Å²) >= 11 is 0. The molecule has 2 nitrogen and oxygen atoms in total. The van der Waals surface area contributed by atoms with E-state index in [1.807, 2.05) is 18.2 Å². The highest BCUT2D eigenvalue weighted by Crippen LogP contribution is 2.17. The van der Waals surface area contributed by atoms with Gasteiger partial charge in [-0.2, -0.15) is 0 Å². The van der Waals surface area contributed by atoms with E-state index in [0.29, 0.717) is 5.92 Å². The molecule has 0 aromatic heterocycles. The van der Waals surface area contributed by atoms with E-state index in [0.717, 1.165) is 19.4 Å². The highest BCUT2D eigenvalue weighted by molar-refractivity contribution is 5.79. The van der Waals surface area contributed by atoms with E-state index >= 15 is 0 Å². The van der Waals surface area contributed by atoms with Crippen LogP contribution in [-0.4, -0.2) is 12.5 Å². The maximum atomic E-state index is 12.0. The Kier molecular flexibility index (Phi) is 5.75. The van der Waals surface area contributed by atoms with Gasteiger partial charge >= 0.3 is 0 Å². The van der Waals surface area contributed by atoms with Crippen LogP contribution in [0.1, 0.15) is 32.8 Å². The Balaban J connectivity index is 2.63. The van der Waals surface area contributed by atoms with Crippen LogP contribution in [0.15, 0.2) is 30.3 Å². The molecule has 1 N–H and O–H groups in total. The molecule has 0 spiro atoms. The second-order valence-electron chi connectivity index (χ2n) is 4.83. The van der Waals surface area contributed by atoms with Crippen molar-refractivity contribution >= 4 is 5.91 Å². The lowest BCUT2D eigenvalue weighted by molar-refractivity contribution is -0.126. The number of benzene rings is 1. The van der Waals surface area contributed by atoms with Gasteiger partial charge in [-0.05, 0) is 24.3 Å². The summed E-state index contributed by atoms with van der Waals surface area (Å²) in [6.07, 6.45) is 1.82. The largest absolute Gasteiger partial charge is 0.356 e. The summed E-state index contributed by atoms with van der Waals surface area (Å²) in [7, 11) is 0. The van der Waals surface area contributed by atoms with E-state index in [4.69, 9.17) is 0 Å². The SMILES string of the molecule is CCCNC(=O)[C@H](Cc1ccccc1)C(C)C. The number of rotatable bonds is 6. The van der Waals surface area contributed by atoms with Gasteiger partial charge in [0, 0.05) is 12.5 Å². The molecule has 1 aromatic rings. The summed E-state index contributed by atoms with van der Waals surface area (Å²) in [5.74, 6) is 0.627. The van der Waals surface area contributed by atoms with Crippen LogP contribution in [0.5, 0.6) is 0 Å². The first-order chi connectivity index (χ1) is 8.15. The van der Waals surface area contributed by atoms with E-state index < -0.39 is 0 Å². The minimum atomic E-state index is 0.0731. The Labute approximate surface area is 104 Å². The smallest absolute Gasteiger partial charge is 0.223 e. The molecule has 1 aromatic carbocycles. The Morgan fingerprint density at radius 2 is 1.88 bits per heavy atom. The van der Waals surface area contributed by atoms with Crippen molar-refractivity contribution in [3.05, 3.63) is 35.9 Å². The van der Waals surface area contributed by atoms with Crippen LogP contribution in [0.25, 0.3) is 0 Å². The molecule has 0 fully saturated rings. The summed E-state index contributed by atoms with van der Waals surface area (Å²) in [6, 6.07) is 10.2. The molecule has 17 heavy (non-hydrogen) atoms. The minimum Gasteiger partial charge on any atom is -0.356 e. The zero-order valence-corrected chi connectivity index (χ0v) is 11.1. The second-order valence-corrected chi connectivity index (χ2v) is 4.83. The fourth-order valence-corrected chi connectivity index (χ4v) is 1.88. The first-order valence-electron chi connectivity index (χ1n) is 6.46. The average Bonchev–Trinajstić information content (AvgIpc) is 2.34. The van der Waals surface area contributed by atoms with Gasteiger partial charge in [0.1, 0.15) is 0 Å². The van der Waals surface area contributed by atoms with Crippen molar-refractivity contribution in [3.63, 3.8) is 0 Å². The lowest BCUT2D eigenvalue weighted by Crippen LogP contribution is -2.35. The van der Waals surface area contributed by atoms with Gasteiger partial charge in [0.2, 0.25) is 5.91 Å². The van der Waals surface area contributed by atoms with Gasteiger partial charge in [0.25, 0.3) is 0 Å². The lowest BCUT2D eigenvalue weighted by Gasteiger charge is -2.20. The number of carbonyl (C=O) groups excluding carboxylic acids is 1. The molecular weight excluding hydrogens is 210 g/mol. The van der Waals surface area contributed by atoms with Crippen LogP contribution >= 0.6 is 0 Å². The first kappa shape index (κ1) is 13.8. The summed E-state index contributed by atoms with van der Waals surface area (Å²) in [5, 5.41) is 3.00. The highest BCUT2D eigenvalue weighted by atomic mass is 16.1. The summed E-state index contributed by atoms with van der Waals surface area (Å²) in [5.41, 5.74) is 1.23. The Bertz CT molecular complexity index is 332. The van der Waals surface area contributed by atoms with E-state index in [2.05, 4.69) is 38.2 Å². The fourth-order valence-electron chi connectivity index (χ4n) is 1.88. The van der Waals surface area contributed by atoms with Crippen LogP contribution in [0.2, 0.25) is 0 Å². The predicted molar refractivity (Wildman–Crippen MR) is 71.8 cm³/mol. The van der Waals surface area contributed by atoms with Crippen molar-refractivity contribution in [2.24, 2.45) is 11.8 Å². The molecule has 0 heterocycles. The number of amides is 1. The van der Waals surface area contributed by atoms with Crippen molar-refractivity contribution in [2.45, 2.75) is 33.6 Å². The zero-order chi connectivity index (χ0) is 12.7. The normalized spacial score (nSPS) is 12.5. The van der Waals surface area contributed by atoms with Crippen molar-refractivity contribution < 1.29 is 4.79 Å². The van der Waals surface area contributed by atoms with Crippen LogP contribution in [-0.2, 0) is 11.2 Å². The standard InChI is InChI=1S/C15H23NO/c1-4-10-16-15(17)14(12(2)3)11-13-8-6-5-7-9-13/h5-9,12,14H,4,10-11H2,1-3H3,(H,16,17)/t14-/m1/s1. The van der Waals surface area contributed by atoms with Crippen molar-refractivity contribution in [2.75, 3.05) is 6.54 Å². The molecule has 0 bridgehead atoms. The molecule has 0 saturated heterocycles. The van der Waals surface area contributed by atoms with Gasteiger partial charge in [-0.15, -0.1) is 0 Å². The molecule has 1 amide bonds. The molecule has 94 valence electrons. The first-order valence-corrected chi connectivity index (χ1v) is 6.46. The lowest BCUT2D eigenvalue weighted by atomic mass is 9.88.